The Bertz CT molecular complexity index is 1400. The Labute approximate surface area is 219 Å². The van der Waals surface area contributed by atoms with E-state index in [4.69, 9.17) is 23.2 Å². The van der Waals surface area contributed by atoms with Crippen LogP contribution in [0, 0.1) is 0 Å². The van der Waals surface area contributed by atoms with Crippen LogP contribution in [0.25, 0.3) is 17.1 Å². The fourth-order valence-electron chi connectivity index (χ4n) is 3.21. The minimum atomic E-state index is -0.473. The van der Waals surface area contributed by atoms with Gasteiger partial charge in [-0.05, 0) is 29.8 Å². The highest BCUT2D eigenvalue weighted by Gasteiger charge is 2.20. The van der Waals surface area contributed by atoms with E-state index in [0.29, 0.717) is 31.1 Å². The van der Waals surface area contributed by atoms with Crippen molar-refractivity contribution in [2.75, 3.05) is 5.32 Å². The third kappa shape index (κ3) is 5.38. The minimum absolute atomic E-state index is 0.0277. The number of hydrogen-bond acceptors (Lipinski definition) is 7. The van der Waals surface area contributed by atoms with E-state index in [0.717, 1.165) is 16.8 Å². The predicted molar refractivity (Wildman–Crippen MR) is 141 cm³/mol. The molecule has 5 rings (SSSR count). The van der Waals surface area contributed by atoms with Gasteiger partial charge < -0.3 is 0 Å². The van der Waals surface area contributed by atoms with Crippen molar-refractivity contribution >= 4 is 57.3 Å². The second-order valence-corrected chi connectivity index (χ2v) is 10.2. The Morgan fingerprint density at radius 2 is 1.60 bits per heavy atom. The minimum Gasteiger partial charge on any atom is -0.294 e. The van der Waals surface area contributed by atoms with Crippen molar-refractivity contribution in [3.63, 3.8) is 0 Å². The first-order valence-electron chi connectivity index (χ1n) is 10.4. The van der Waals surface area contributed by atoms with Crippen LogP contribution in [0.3, 0.4) is 0 Å². The predicted octanol–water partition coefficient (Wildman–Crippen LogP) is 6.64. The maximum absolute atomic E-state index is 13.0. The molecule has 35 heavy (non-hydrogen) atoms. The quantitative estimate of drug-likeness (QED) is 0.184. The van der Waals surface area contributed by atoms with Gasteiger partial charge in [-0.2, -0.15) is 0 Å². The van der Waals surface area contributed by atoms with Gasteiger partial charge in [0.25, 0.3) is 5.91 Å². The lowest BCUT2D eigenvalue weighted by Gasteiger charge is -2.05. The number of hydrogen-bond donors (Lipinski definition) is 1. The maximum Gasteiger partial charge on any atom is 0.297 e. The number of carbonyl (C=O) groups is 1. The molecule has 7 nitrogen and oxygen atoms in total. The molecule has 1 N–H and O–H groups in total. The van der Waals surface area contributed by atoms with E-state index in [1.165, 1.54) is 23.1 Å². The summed E-state index contributed by atoms with van der Waals surface area (Å²) in [6, 6.07) is 24.5. The maximum atomic E-state index is 13.0. The molecular weight excluding hydrogens is 523 g/mol. The number of rotatable bonds is 7. The summed E-state index contributed by atoms with van der Waals surface area (Å²) in [6.07, 6.45) is 0. The molecule has 0 radical (unpaired) electrons. The van der Waals surface area contributed by atoms with Crippen LogP contribution >= 0.6 is 46.3 Å². The van der Waals surface area contributed by atoms with Gasteiger partial charge in [0.2, 0.25) is 11.0 Å². The highest BCUT2D eigenvalue weighted by atomic mass is 35.5. The highest BCUT2D eigenvalue weighted by Crippen LogP contribution is 2.33. The molecule has 2 aromatic heterocycles. The summed E-state index contributed by atoms with van der Waals surface area (Å²) < 4.78 is 2.32. The summed E-state index contributed by atoms with van der Waals surface area (Å²) in [5.74, 6) is 0.649. The number of aromatic nitrogens is 5. The van der Waals surface area contributed by atoms with E-state index >= 15 is 0 Å². The number of para-hydroxylation sites is 1. The van der Waals surface area contributed by atoms with Gasteiger partial charge in [0.1, 0.15) is 0 Å². The van der Waals surface area contributed by atoms with Gasteiger partial charge in [-0.1, -0.05) is 101 Å². The molecule has 174 valence electrons. The summed E-state index contributed by atoms with van der Waals surface area (Å²) in [7, 11) is 0. The fraction of sp³-hybridized carbons (Fsp3) is 0.0417. The molecule has 0 saturated carbocycles. The van der Waals surface area contributed by atoms with Crippen LogP contribution in [0.2, 0.25) is 10.0 Å². The van der Waals surface area contributed by atoms with Gasteiger partial charge in [-0.25, -0.2) is 9.67 Å². The van der Waals surface area contributed by atoms with E-state index in [-0.39, 0.29) is 5.82 Å². The molecule has 5 aromatic rings. The van der Waals surface area contributed by atoms with Crippen molar-refractivity contribution in [2.45, 2.75) is 10.1 Å². The zero-order chi connectivity index (χ0) is 24.2. The molecule has 0 bridgehead atoms. The molecule has 0 unspecified atom stereocenters. The summed E-state index contributed by atoms with van der Waals surface area (Å²) >= 11 is 15.2. The summed E-state index contributed by atoms with van der Waals surface area (Å²) in [5, 5.41) is 17.0. The second-order valence-electron chi connectivity index (χ2n) is 7.19. The van der Waals surface area contributed by atoms with E-state index < -0.39 is 5.91 Å². The van der Waals surface area contributed by atoms with E-state index in [1.807, 2.05) is 60.7 Å². The second kappa shape index (κ2) is 10.6. The number of amides is 1. The average Bonchev–Trinajstić information content (AvgIpc) is 3.52. The standard InChI is InChI=1S/C24H16Cl2N6OS2/c25-18-12-7-13-19(26)17(18)14-34-24-30-29-23(35-24)28-22(33)20-27-21(15-8-3-1-4-9-15)32(31-20)16-10-5-2-6-11-16/h1-13H,14H2,(H,28,29,33). The number of nitrogens with zero attached hydrogens (tertiary/aromatic N) is 5. The van der Waals surface area contributed by atoms with Crippen molar-refractivity contribution in [1.29, 1.82) is 0 Å². The Morgan fingerprint density at radius 3 is 2.31 bits per heavy atom. The molecule has 0 fully saturated rings. The zero-order valence-corrected chi connectivity index (χ0v) is 21.1. The van der Waals surface area contributed by atoms with Crippen molar-refractivity contribution in [3.05, 3.63) is 100 Å². The lowest BCUT2D eigenvalue weighted by atomic mass is 10.2. The van der Waals surface area contributed by atoms with Crippen LogP contribution in [0.4, 0.5) is 5.13 Å². The molecule has 0 saturated heterocycles. The molecular formula is C24H16Cl2N6OS2. The fourth-order valence-corrected chi connectivity index (χ4v) is 5.70. The molecule has 0 aliphatic rings. The number of nitrogens with one attached hydrogen (secondary N) is 1. The molecule has 0 aliphatic heterocycles. The third-order valence-electron chi connectivity index (χ3n) is 4.87. The highest BCUT2D eigenvalue weighted by molar-refractivity contribution is 8.00. The Hall–Kier alpha value is -3.24. The van der Waals surface area contributed by atoms with E-state index in [1.54, 1.807) is 22.9 Å². The molecule has 0 aliphatic carbocycles. The Morgan fingerprint density at radius 1 is 0.914 bits per heavy atom. The number of anilines is 1. The monoisotopic (exact) mass is 538 g/mol. The van der Waals surface area contributed by atoms with Crippen LogP contribution in [0.1, 0.15) is 16.2 Å². The zero-order valence-electron chi connectivity index (χ0n) is 17.9. The van der Waals surface area contributed by atoms with Crippen LogP contribution in [0.15, 0.2) is 83.2 Å². The largest absolute Gasteiger partial charge is 0.297 e. The normalized spacial score (nSPS) is 10.9. The van der Waals surface area contributed by atoms with Crippen LogP contribution < -0.4 is 5.32 Å². The van der Waals surface area contributed by atoms with Crippen LogP contribution in [-0.2, 0) is 5.75 Å². The van der Waals surface area contributed by atoms with Crippen molar-refractivity contribution in [2.24, 2.45) is 0 Å². The van der Waals surface area contributed by atoms with Gasteiger partial charge in [-0.3, -0.25) is 10.1 Å². The van der Waals surface area contributed by atoms with E-state index in [9.17, 15) is 4.79 Å². The van der Waals surface area contributed by atoms with Crippen LogP contribution in [-0.4, -0.2) is 30.9 Å². The van der Waals surface area contributed by atoms with Crippen LogP contribution in [0.5, 0.6) is 0 Å². The van der Waals surface area contributed by atoms with Crippen molar-refractivity contribution < 1.29 is 4.79 Å². The van der Waals surface area contributed by atoms with Gasteiger partial charge in [0.05, 0.1) is 5.69 Å². The van der Waals surface area contributed by atoms with Crippen molar-refractivity contribution in [1.82, 2.24) is 25.0 Å². The van der Waals surface area contributed by atoms with Gasteiger partial charge in [0, 0.05) is 21.4 Å². The SMILES string of the molecule is O=C(Nc1nnc(SCc2c(Cl)cccc2Cl)s1)c1nc(-c2ccccc2)n(-c2ccccc2)n1. The van der Waals surface area contributed by atoms with Crippen molar-refractivity contribution in [3.8, 4) is 17.1 Å². The summed E-state index contributed by atoms with van der Waals surface area (Å²) in [4.78, 5) is 17.5. The first kappa shape index (κ1) is 23.5. The lowest BCUT2D eigenvalue weighted by Crippen LogP contribution is -2.14. The van der Waals surface area contributed by atoms with Gasteiger partial charge in [-0.15, -0.1) is 15.3 Å². The first-order chi connectivity index (χ1) is 17.1. The number of benzene rings is 3. The Kier molecular flexibility index (Phi) is 7.10. The molecule has 0 spiro atoms. The van der Waals surface area contributed by atoms with Gasteiger partial charge >= 0.3 is 0 Å². The summed E-state index contributed by atoms with van der Waals surface area (Å²) in [6.45, 7) is 0. The first-order valence-corrected chi connectivity index (χ1v) is 12.9. The lowest BCUT2D eigenvalue weighted by molar-refractivity contribution is 0.101. The molecule has 3 aromatic carbocycles. The molecule has 0 atom stereocenters. The summed E-state index contributed by atoms with van der Waals surface area (Å²) in [5.41, 5.74) is 2.46. The molecule has 1 amide bonds. The molecule has 2 heterocycles. The van der Waals surface area contributed by atoms with Gasteiger partial charge in [0.15, 0.2) is 10.2 Å². The number of halogens is 2. The van der Waals surface area contributed by atoms with E-state index in [2.05, 4.69) is 25.6 Å². The molecule has 11 heteroatoms. The average molecular weight is 539 g/mol. The topological polar surface area (TPSA) is 85.6 Å². The number of thioether (sulfide) groups is 1. The Balaban J connectivity index is 1.34. The third-order valence-corrected chi connectivity index (χ3v) is 7.58. The smallest absolute Gasteiger partial charge is 0.294 e. The number of carbonyl (C=O) groups excluding carboxylic acids is 1.